The molecule has 0 aromatic rings. The lowest BCUT2D eigenvalue weighted by atomic mass is 10.2. The highest BCUT2D eigenvalue weighted by Gasteiger charge is 2.32. The second kappa shape index (κ2) is 4.82. The van der Waals surface area contributed by atoms with Crippen LogP contribution >= 0.6 is 15.9 Å². The van der Waals surface area contributed by atoms with Crippen LogP contribution < -0.4 is 0 Å². The average Bonchev–Trinajstić information content (AvgIpc) is 2.62. The van der Waals surface area contributed by atoms with Crippen molar-refractivity contribution >= 4 is 31.7 Å². The third-order valence-corrected chi connectivity index (χ3v) is 5.21. The number of carbonyl (C=O) groups excluding carboxylic acids is 1. The van der Waals surface area contributed by atoms with Crippen LogP contribution in [-0.4, -0.2) is 49.2 Å². The molecule has 4 nitrogen and oxygen atoms in total. The highest BCUT2D eigenvalue weighted by Crippen LogP contribution is 2.19. The normalized spacial score (nSPS) is 24.2. The van der Waals surface area contributed by atoms with Gasteiger partial charge in [0.1, 0.15) is 5.25 Å². The van der Waals surface area contributed by atoms with E-state index in [1.807, 2.05) is 0 Å². The first kappa shape index (κ1) is 13.0. The summed E-state index contributed by atoms with van der Waals surface area (Å²) in [4.78, 5) is 13.4. The lowest BCUT2D eigenvalue weighted by molar-refractivity contribution is -0.129. The quantitative estimate of drug-likeness (QED) is 0.719. The third kappa shape index (κ3) is 3.17. The maximum atomic E-state index is 11.8. The molecule has 1 aliphatic heterocycles. The van der Waals surface area contributed by atoms with Crippen LogP contribution in [0.3, 0.4) is 0 Å². The molecule has 0 aliphatic carbocycles. The minimum atomic E-state index is -3.27. The van der Waals surface area contributed by atoms with E-state index in [2.05, 4.69) is 15.9 Å². The summed E-state index contributed by atoms with van der Waals surface area (Å²) in [7, 11) is -3.27. The molecule has 0 aromatic heterocycles. The summed E-state index contributed by atoms with van der Waals surface area (Å²) >= 11 is 3.37. The number of sulfone groups is 1. The Morgan fingerprint density at radius 3 is 2.60 bits per heavy atom. The number of likely N-dealkylation sites (tertiary alicyclic amines) is 1. The van der Waals surface area contributed by atoms with E-state index in [9.17, 15) is 13.2 Å². The average molecular weight is 298 g/mol. The standard InChI is InChI=1S/C9H16BrNO3S/c1-7(15(2,13)14)9(12)11-4-3-8(5-10)6-11/h7-8H,3-6H2,1-2H3. The van der Waals surface area contributed by atoms with E-state index in [0.717, 1.165) is 18.0 Å². The summed E-state index contributed by atoms with van der Waals surface area (Å²) in [6.45, 7) is 2.80. The van der Waals surface area contributed by atoms with E-state index in [-0.39, 0.29) is 5.91 Å². The van der Waals surface area contributed by atoms with Gasteiger partial charge in [-0.2, -0.15) is 0 Å². The van der Waals surface area contributed by atoms with Crippen LogP contribution in [0.4, 0.5) is 0 Å². The van der Waals surface area contributed by atoms with Crippen molar-refractivity contribution in [2.45, 2.75) is 18.6 Å². The fourth-order valence-corrected chi connectivity index (χ4v) is 2.64. The van der Waals surface area contributed by atoms with Crippen LogP contribution in [0.15, 0.2) is 0 Å². The number of alkyl halides is 1. The van der Waals surface area contributed by atoms with E-state index in [0.29, 0.717) is 19.0 Å². The molecule has 1 rings (SSSR count). The Kier molecular flexibility index (Phi) is 4.17. The maximum Gasteiger partial charge on any atom is 0.240 e. The topological polar surface area (TPSA) is 54.5 Å². The highest BCUT2D eigenvalue weighted by molar-refractivity contribution is 9.09. The van der Waals surface area contributed by atoms with Gasteiger partial charge in [0.15, 0.2) is 9.84 Å². The van der Waals surface area contributed by atoms with Crippen LogP contribution in [-0.2, 0) is 14.6 Å². The minimum Gasteiger partial charge on any atom is -0.341 e. The number of hydrogen-bond acceptors (Lipinski definition) is 3. The van der Waals surface area contributed by atoms with Crippen molar-refractivity contribution in [1.29, 1.82) is 0 Å². The fourth-order valence-electron chi connectivity index (χ4n) is 1.60. The first-order chi connectivity index (χ1) is 6.86. The molecule has 1 amide bonds. The first-order valence-corrected chi connectivity index (χ1v) is 7.97. The van der Waals surface area contributed by atoms with Crippen molar-refractivity contribution in [1.82, 2.24) is 4.90 Å². The van der Waals surface area contributed by atoms with Crippen molar-refractivity contribution in [3.8, 4) is 0 Å². The molecule has 1 aliphatic rings. The zero-order valence-corrected chi connectivity index (χ0v) is 11.3. The van der Waals surface area contributed by atoms with Crippen molar-refractivity contribution in [3.05, 3.63) is 0 Å². The molecule has 0 spiro atoms. The zero-order chi connectivity index (χ0) is 11.6. The smallest absolute Gasteiger partial charge is 0.240 e. The summed E-state index contributed by atoms with van der Waals surface area (Å²) in [5, 5.41) is -0.0455. The molecule has 0 aromatic carbocycles. The molecule has 1 heterocycles. The van der Waals surface area contributed by atoms with Gasteiger partial charge in [-0.1, -0.05) is 15.9 Å². The van der Waals surface area contributed by atoms with Gasteiger partial charge in [-0.05, 0) is 19.3 Å². The largest absolute Gasteiger partial charge is 0.341 e. The number of amides is 1. The molecule has 1 fully saturated rings. The molecule has 0 bridgehead atoms. The number of rotatable bonds is 3. The van der Waals surface area contributed by atoms with E-state index in [1.54, 1.807) is 4.90 Å². The molecule has 0 radical (unpaired) electrons. The van der Waals surface area contributed by atoms with Gasteiger partial charge in [0.25, 0.3) is 0 Å². The second-order valence-electron chi connectivity index (χ2n) is 4.07. The SMILES string of the molecule is CC(C(=O)N1CCC(CBr)C1)S(C)(=O)=O. The summed E-state index contributed by atoms with van der Waals surface area (Å²) in [6.07, 6.45) is 2.06. The van der Waals surface area contributed by atoms with Crippen LogP contribution in [0.25, 0.3) is 0 Å². The van der Waals surface area contributed by atoms with Crippen molar-refractivity contribution in [2.24, 2.45) is 5.92 Å². The predicted octanol–water partition coefficient (Wildman–Crippen LogP) is 0.663. The Bertz CT molecular complexity index is 341. The van der Waals surface area contributed by atoms with Gasteiger partial charge in [-0.25, -0.2) is 8.42 Å². The van der Waals surface area contributed by atoms with Crippen molar-refractivity contribution in [2.75, 3.05) is 24.7 Å². The van der Waals surface area contributed by atoms with Crippen molar-refractivity contribution < 1.29 is 13.2 Å². The third-order valence-electron chi connectivity index (χ3n) is 2.81. The zero-order valence-electron chi connectivity index (χ0n) is 8.94. The molecular weight excluding hydrogens is 282 g/mol. The van der Waals surface area contributed by atoms with E-state index < -0.39 is 15.1 Å². The van der Waals surface area contributed by atoms with Crippen LogP contribution in [0, 0.1) is 5.92 Å². The molecule has 15 heavy (non-hydrogen) atoms. The second-order valence-corrected chi connectivity index (χ2v) is 7.08. The molecule has 6 heteroatoms. The highest BCUT2D eigenvalue weighted by atomic mass is 79.9. The molecular formula is C9H16BrNO3S. The molecule has 2 atom stereocenters. The van der Waals surface area contributed by atoms with E-state index >= 15 is 0 Å². The maximum absolute atomic E-state index is 11.8. The minimum absolute atomic E-state index is 0.263. The van der Waals surface area contributed by atoms with Gasteiger partial charge in [0.05, 0.1) is 0 Å². The summed E-state index contributed by atoms with van der Waals surface area (Å²) in [5.74, 6) is 0.196. The Labute approximate surface area is 99.1 Å². The van der Waals surface area contributed by atoms with Crippen molar-refractivity contribution in [3.63, 3.8) is 0 Å². The number of carbonyl (C=O) groups is 1. The number of hydrogen-bond donors (Lipinski definition) is 0. The van der Waals surface area contributed by atoms with Crippen LogP contribution in [0.5, 0.6) is 0 Å². The number of nitrogens with zero attached hydrogens (tertiary/aromatic N) is 1. The predicted molar refractivity (Wildman–Crippen MR) is 62.8 cm³/mol. The lowest BCUT2D eigenvalue weighted by Crippen LogP contribution is -2.40. The Balaban J connectivity index is 2.63. The van der Waals surface area contributed by atoms with Gasteiger partial charge in [-0.15, -0.1) is 0 Å². The van der Waals surface area contributed by atoms with E-state index in [4.69, 9.17) is 0 Å². The Morgan fingerprint density at radius 1 is 1.60 bits per heavy atom. The summed E-state index contributed by atoms with van der Waals surface area (Å²) in [5.41, 5.74) is 0. The molecule has 0 saturated carbocycles. The fraction of sp³-hybridized carbons (Fsp3) is 0.889. The van der Waals surface area contributed by atoms with Gasteiger partial charge in [0, 0.05) is 24.7 Å². The molecule has 1 saturated heterocycles. The van der Waals surface area contributed by atoms with Gasteiger partial charge in [-0.3, -0.25) is 4.79 Å². The molecule has 2 unspecified atom stereocenters. The summed E-state index contributed by atoms with van der Waals surface area (Å²) < 4.78 is 22.4. The molecule has 88 valence electrons. The molecule has 0 N–H and O–H groups in total. The van der Waals surface area contributed by atoms with E-state index in [1.165, 1.54) is 6.92 Å². The lowest BCUT2D eigenvalue weighted by Gasteiger charge is -2.19. The van der Waals surface area contributed by atoms with Gasteiger partial charge < -0.3 is 4.90 Å². The van der Waals surface area contributed by atoms with Crippen LogP contribution in [0.2, 0.25) is 0 Å². The number of halogens is 1. The monoisotopic (exact) mass is 297 g/mol. The Hall–Kier alpha value is -0.100. The first-order valence-electron chi connectivity index (χ1n) is 4.90. The Morgan fingerprint density at radius 2 is 2.20 bits per heavy atom. The van der Waals surface area contributed by atoms with Gasteiger partial charge in [0.2, 0.25) is 5.91 Å². The summed E-state index contributed by atoms with van der Waals surface area (Å²) in [6, 6.07) is 0. The van der Waals surface area contributed by atoms with Crippen LogP contribution in [0.1, 0.15) is 13.3 Å². The van der Waals surface area contributed by atoms with Gasteiger partial charge >= 0.3 is 0 Å².